The van der Waals surface area contributed by atoms with Gasteiger partial charge in [-0.1, -0.05) is 60.7 Å². The summed E-state index contributed by atoms with van der Waals surface area (Å²) in [4.78, 5) is 10.9. The van der Waals surface area contributed by atoms with Gasteiger partial charge in [-0.05, 0) is 29.0 Å². The number of fused-ring (bicyclic) bond motifs is 2. The summed E-state index contributed by atoms with van der Waals surface area (Å²) in [6, 6.07) is 22.6. The van der Waals surface area contributed by atoms with Gasteiger partial charge < -0.3 is 15.4 Å². The van der Waals surface area contributed by atoms with Crippen LogP contribution in [0, 0.1) is 0 Å². The van der Waals surface area contributed by atoms with Gasteiger partial charge >= 0.3 is 0 Å². The van der Waals surface area contributed by atoms with Crippen molar-refractivity contribution in [2.45, 2.75) is 13.0 Å². The van der Waals surface area contributed by atoms with Crippen molar-refractivity contribution in [2.24, 2.45) is 0 Å². The van der Waals surface area contributed by atoms with Crippen LogP contribution in [-0.2, 0) is 13.0 Å². The van der Waals surface area contributed by atoms with Crippen LogP contribution < -0.4 is 15.4 Å². The number of nitrogens with two attached hydrogens (primary N) is 1. The van der Waals surface area contributed by atoms with Crippen molar-refractivity contribution in [3.05, 3.63) is 84.2 Å². The van der Waals surface area contributed by atoms with E-state index in [0.717, 1.165) is 41.9 Å². The van der Waals surface area contributed by atoms with Crippen molar-refractivity contribution in [2.75, 3.05) is 17.2 Å². The Kier molecular flexibility index (Phi) is 4.05. The standard InChI is InChI=1S/C23H20N4O/c24-21-22(27-13-12-16-6-1-2-8-18(16)14-27)25-15-26-23(21)28-20-11-5-9-17-7-3-4-10-19(17)20/h1-11,15H,12-14,24H2. The number of ether oxygens (including phenoxy) is 1. The van der Waals surface area contributed by atoms with Crippen LogP contribution in [0.15, 0.2) is 73.1 Å². The maximum Gasteiger partial charge on any atom is 0.248 e. The Morgan fingerprint density at radius 2 is 1.64 bits per heavy atom. The van der Waals surface area contributed by atoms with Crippen molar-refractivity contribution in [1.82, 2.24) is 9.97 Å². The molecule has 5 heteroatoms. The van der Waals surface area contributed by atoms with Crippen molar-refractivity contribution >= 4 is 22.3 Å². The first-order chi connectivity index (χ1) is 13.8. The molecular weight excluding hydrogens is 348 g/mol. The van der Waals surface area contributed by atoms with Gasteiger partial charge in [-0.3, -0.25) is 0 Å². The topological polar surface area (TPSA) is 64.3 Å². The van der Waals surface area contributed by atoms with E-state index in [1.807, 2.05) is 30.3 Å². The fraction of sp³-hybridized carbons (Fsp3) is 0.130. The number of nitrogens with zero attached hydrogens (tertiary/aromatic N) is 3. The van der Waals surface area contributed by atoms with Gasteiger partial charge in [0.2, 0.25) is 5.88 Å². The predicted molar refractivity (Wildman–Crippen MR) is 112 cm³/mol. The molecule has 2 heterocycles. The summed E-state index contributed by atoms with van der Waals surface area (Å²) in [6.45, 7) is 1.65. The molecule has 4 aromatic rings. The van der Waals surface area contributed by atoms with Crippen LogP contribution in [0.3, 0.4) is 0 Å². The molecule has 0 spiro atoms. The molecule has 1 aromatic heterocycles. The van der Waals surface area contributed by atoms with Gasteiger partial charge in [0.15, 0.2) is 5.82 Å². The van der Waals surface area contributed by atoms with Gasteiger partial charge in [0.25, 0.3) is 0 Å². The number of nitrogen functional groups attached to an aromatic ring is 1. The molecule has 0 saturated carbocycles. The lowest BCUT2D eigenvalue weighted by Gasteiger charge is -2.30. The minimum absolute atomic E-state index is 0.389. The Bertz CT molecular complexity index is 1150. The predicted octanol–water partition coefficient (Wildman–Crippen LogP) is 4.57. The fourth-order valence-corrected chi connectivity index (χ4v) is 3.77. The molecule has 3 aromatic carbocycles. The van der Waals surface area contributed by atoms with Crippen molar-refractivity contribution < 1.29 is 4.74 Å². The van der Waals surface area contributed by atoms with Crippen molar-refractivity contribution in [1.29, 1.82) is 0 Å². The average Bonchev–Trinajstić information content (AvgIpc) is 2.75. The number of benzene rings is 3. The zero-order chi connectivity index (χ0) is 18.9. The summed E-state index contributed by atoms with van der Waals surface area (Å²) in [7, 11) is 0. The Morgan fingerprint density at radius 1 is 0.857 bits per heavy atom. The van der Waals surface area contributed by atoms with Crippen molar-refractivity contribution in [3.63, 3.8) is 0 Å². The zero-order valence-corrected chi connectivity index (χ0v) is 15.4. The van der Waals surface area contributed by atoms with Gasteiger partial charge in [0, 0.05) is 18.5 Å². The zero-order valence-electron chi connectivity index (χ0n) is 15.4. The normalized spacial score (nSPS) is 13.4. The average molecular weight is 368 g/mol. The van der Waals surface area contributed by atoms with Gasteiger partial charge in [0.05, 0.1) is 0 Å². The summed E-state index contributed by atoms with van der Waals surface area (Å²) >= 11 is 0. The molecular formula is C23H20N4O. The fourth-order valence-electron chi connectivity index (χ4n) is 3.77. The smallest absolute Gasteiger partial charge is 0.248 e. The van der Waals surface area contributed by atoms with E-state index >= 15 is 0 Å². The van der Waals surface area contributed by atoms with Crippen LogP contribution in [0.4, 0.5) is 11.5 Å². The van der Waals surface area contributed by atoms with Gasteiger partial charge in [-0.2, -0.15) is 4.98 Å². The van der Waals surface area contributed by atoms with E-state index in [1.165, 1.54) is 17.5 Å². The van der Waals surface area contributed by atoms with Gasteiger partial charge in [-0.25, -0.2) is 4.98 Å². The van der Waals surface area contributed by atoms with E-state index in [1.54, 1.807) is 0 Å². The highest BCUT2D eigenvalue weighted by Gasteiger charge is 2.21. The molecule has 0 aliphatic carbocycles. The Labute approximate surface area is 163 Å². The molecule has 138 valence electrons. The third-order valence-electron chi connectivity index (χ3n) is 5.21. The molecule has 0 atom stereocenters. The summed E-state index contributed by atoms with van der Waals surface area (Å²) in [5.74, 6) is 1.85. The Balaban J connectivity index is 1.48. The van der Waals surface area contributed by atoms with E-state index in [2.05, 4.69) is 51.3 Å². The maximum atomic E-state index is 6.43. The van der Waals surface area contributed by atoms with Crippen molar-refractivity contribution in [3.8, 4) is 11.6 Å². The summed E-state index contributed by atoms with van der Waals surface area (Å²) < 4.78 is 6.12. The molecule has 1 aliphatic rings. The number of aromatic nitrogens is 2. The van der Waals surface area contributed by atoms with Crippen LogP contribution in [0.1, 0.15) is 11.1 Å². The molecule has 0 fully saturated rings. The minimum atomic E-state index is 0.389. The van der Waals surface area contributed by atoms with E-state index in [-0.39, 0.29) is 0 Å². The van der Waals surface area contributed by atoms with E-state index < -0.39 is 0 Å². The lowest BCUT2D eigenvalue weighted by molar-refractivity contribution is 0.469. The molecule has 5 nitrogen and oxygen atoms in total. The minimum Gasteiger partial charge on any atom is -0.436 e. The molecule has 0 saturated heterocycles. The second kappa shape index (κ2) is 6.85. The third-order valence-corrected chi connectivity index (χ3v) is 5.21. The van der Waals surface area contributed by atoms with Crippen LogP contribution >= 0.6 is 0 Å². The number of hydrogen-bond acceptors (Lipinski definition) is 5. The number of rotatable bonds is 3. The maximum absolute atomic E-state index is 6.43. The SMILES string of the molecule is Nc1c(Oc2cccc3ccccc23)ncnc1N1CCc2ccccc2C1. The lowest BCUT2D eigenvalue weighted by atomic mass is 10.00. The molecule has 0 amide bonds. The van der Waals surface area contributed by atoms with Gasteiger partial charge in [-0.15, -0.1) is 0 Å². The first-order valence-electron chi connectivity index (χ1n) is 9.37. The van der Waals surface area contributed by atoms with Crippen LogP contribution in [0.2, 0.25) is 0 Å². The Hall–Kier alpha value is -3.60. The van der Waals surface area contributed by atoms with E-state index in [4.69, 9.17) is 10.5 Å². The molecule has 0 unspecified atom stereocenters. The van der Waals surface area contributed by atoms with E-state index in [9.17, 15) is 0 Å². The number of anilines is 2. The molecule has 0 bridgehead atoms. The quantitative estimate of drug-likeness (QED) is 0.574. The number of hydrogen-bond donors (Lipinski definition) is 1. The first-order valence-corrected chi connectivity index (χ1v) is 9.37. The highest BCUT2D eigenvalue weighted by molar-refractivity contribution is 5.88. The molecule has 2 N–H and O–H groups in total. The van der Waals surface area contributed by atoms with Crippen LogP contribution in [0.25, 0.3) is 10.8 Å². The third kappa shape index (κ3) is 2.91. The summed E-state index contributed by atoms with van der Waals surface area (Å²) in [5, 5.41) is 2.14. The second-order valence-electron chi connectivity index (χ2n) is 6.94. The monoisotopic (exact) mass is 368 g/mol. The first kappa shape index (κ1) is 16.6. The summed E-state index contributed by atoms with van der Waals surface area (Å²) in [5.41, 5.74) is 9.60. The second-order valence-corrected chi connectivity index (χ2v) is 6.94. The molecule has 0 radical (unpaired) electrons. The molecule has 5 rings (SSSR count). The van der Waals surface area contributed by atoms with Crippen LogP contribution in [0.5, 0.6) is 11.6 Å². The van der Waals surface area contributed by atoms with Crippen LogP contribution in [-0.4, -0.2) is 16.5 Å². The highest BCUT2D eigenvalue weighted by atomic mass is 16.5. The Morgan fingerprint density at radius 3 is 2.57 bits per heavy atom. The summed E-state index contributed by atoms with van der Waals surface area (Å²) in [6.07, 6.45) is 2.49. The molecule has 28 heavy (non-hydrogen) atoms. The highest BCUT2D eigenvalue weighted by Crippen LogP contribution is 2.36. The lowest BCUT2D eigenvalue weighted by Crippen LogP contribution is -2.31. The largest absolute Gasteiger partial charge is 0.436 e. The van der Waals surface area contributed by atoms with E-state index in [0.29, 0.717) is 11.6 Å². The van der Waals surface area contributed by atoms with Gasteiger partial charge in [0.1, 0.15) is 17.8 Å². The molecule has 1 aliphatic heterocycles.